The van der Waals surface area contributed by atoms with E-state index in [0.717, 1.165) is 23.4 Å². The number of benzene rings is 1. The summed E-state index contributed by atoms with van der Waals surface area (Å²) in [5.41, 5.74) is 2.78. The molecule has 0 saturated carbocycles. The molecule has 0 saturated heterocycles. The Balaban J connectivity index is 2.91. The van der Waals surface area contributed by atoms with Crippen LogP contribution in [0.3, 0.4) is 0 Å². The summed E-state index contributed by atoms with van der Waals surface area (Å²) in [6.07, 6.45) is 0. The van der Waals surface area contributed by atoms with Gasteiger partial charge in [-0.15, -0.1) is 0 Å². The first-order valence-electron chi connectivity index (χ1n) is 6.61. The molecular weight excluding hydrogens is 224 g/mol. The van der Waals surface area contributed by atoms with Crippen LogP contribution in [0.4, 0.5) is 5.69 Å². The smallest absolute Gasteiger partial charge is 0.253 e. The molecule has 1 atom stereocenters. The van der Waals surface area contributed by atoms with Crippen LogP contribution in [0.1, 0.15) is 43.6 Å². The molecule has 0 aliphatic rings. The molecule has 1 aromatic rings. The number of amides is 1. The van der Waals surface area contributed by atoms with Crippen molar-refractivity contribution in [2.45, 2.75) is 40.7 Å². The second-order valence-electron chi connectivity index (χ2n) is 5.09. The topological polar surface area (TPSA) is 41.1 Å². The lowest BCUT2D eigenvalue weighted by Crippen LogP contribution is -2.36. The van der Waals surface area contributed by atoms with Crippen LogP contribution in [-0.4, -0.2) is 18.5 Å². The Kier molecular flexibility index (Phi) is 5.20. The van der Waals surface area contributed by atoms with E-state index < -0.39 is 0 Å². The van der Waals surface area contributed by atoms with Crippen LogP contribution in [0.15, 0.2) is 18.2 Å². The first-order valence-corrected chi connectivity index (χ1v) is 6.61. The highest BCUT2D eigenvalue weighted by molar-refractivity contribution is 5.99. The van der Waals surface area contributed by atoms with Gasteiger partial charge < -0.3 is 10.6 Å². The Morgan fingerprint density at radius 2 is 1.94 bits per heavy atom. The lowest BCUT2D eigenvalue weighted by molar-refractivity contribution is 0.0931. The third-order valence-electron chi connectivity index (χ3n) is 3.15. The van der Waals surface area contributed by atoms with Crippen molar-refractivity contribution in [1.82, 2.24) is 5.32 Å². The molecule has 1 rings (SSSR count). The Hall–Kier alpha value is -1.51. The van der Waals surface area contributed by atoms with Gasteiger partial charge >= 0.3 is 0 Å². The maximum absolute atomic E-state index is 12.2. The summed E-state index contributed by atoms with van der Waals surface area (Å²) < 4.78 is 0. The molecule has 1 amide bonds. The minimum absolute atomic E-state index is 0.00727. The molecule has 0 radical (unpaired) electrons. The lowest BCUT2D eigenvalue weighted by Gasteiger charge is -2.19. The maximum atomic E-state index is 12.2. The number of aryl methyl sites for hydroxylation is 1. The molecule has 2 N–H and O–H groups in total. The van der Waals surface area contributed by atoms with E-state index in [1.54, 1.807) is 0 Å². The van der Waals surface area contributed by atoms with Crippen LogP contribution in [0.5, 0.6) is 0 Å². The molecule has 3 nitrogen and oxygen atoms in total. The Bertz CT molecular complexity index is 413. The molecular formula is C15H24N2O. The number of nitrogens with one attached hydrogen (secondary N) is 2. The van der Waals surface area contributed by atoms with Gasteiger partial charge in [-0.1, -0.05) is 19.9 Å². The number of hydrogen-bond donors (Lipinski definition) is 2. The third-order valence-corrected chi connectivity index (χ3v) is 3.15. The van der Waals surface area contributed by atoms with Crippen LogP contribution >= 0.6 is 0 Å². The maximum Gasteiger partial charge on any atom is 0.253 e. The van der Waals surface area contributed by atoms with E-state index in [2.05, 4.69) is 24.5 Å². The second-order valence-corrected chi connectivity index (χ2v) is 5.09. The van der Waals surface area contributed by atoms with Gasteiger partial charge in [0.15, 0.2) is 0 Å². The molecule has 18 heavy (non-hydrogen) atoms. The second kappa shape index (κ2) is 6.43. The van der Waals surface area contributed by atoms with Crippen molar-refractivity contribution in [1.29, 1.82) is 0 Å². The molecule has 1 aromatic carbocycles. The number of carbonyl (C=O) groups excluding carboxylic acids is 1. The van der Waals surface area contributed by atoms with E-state index in [4.69, 9.17) is 0 Å². The number of carbonyl (C=O) groups is 1. The minimum Gasteiger partial charge on any atom is -0.385 e. The summed E-state index contributed by atoms with van der Waals surface area (Å²) in [5, 5.41) is 6.27. The van der Waals surface area contributed by atoms with Gasteiger partial charge in [0.25, 0.3) is 5.91 Å². The van der Waals surface area contributed by atoms with Crippen molar-refractivity contribution in [3.8, 4) is 0 Å². The molecule has 0 bridgehead atoms. The quantitative estimate of drug-likeness (QED) is 0.840. The fourth-order valence-electron chi connectivity index (χ4n) is 1.64. The van der Waals surface area contributed by atoms with Crippen molar-refractivity contribution < 1.29 is 4.79 Å². The van der Waals surface area contributed by atoms with Crippen LogP contribution in [0.2, 0.25) is 0 Å². The molecule has 0 aliphatic heterocycles. The highest BCUT2D eigenvalue weighted by Crippen LogP contribution is 2.18. The summed E-state index contributed by atoms with van der Waals surface area (Å²) in [5.74, 6) is 0.425. The van der Waals surface area contributed by atoms with Gasteiger partial charge in [0.05, 0.1) is 5.56 Å². The van der Waals surface area contributed by atoms with Crippen LogP contribution in [-0.2, 0) is 0 Å². The van der Waals surface area contributed by atoms with Gasteiger partial charge in [-0.25, -0.2) is 0 Å². The van der Waals surface area contributed by atoms with Crippen molar-refractivity contribution in [2.24, 2.45) is 5.92 Å². The Morgan fingerprint density at radius 3 is 2.50 bits per heavy atom. The summed E-state index contributed by atoms with van der Waals surface area (Å²) in [6.45, 7) is 11.1. The fourth-order valence-corrected chi connectivity index (χ4v) is 1.64. The average Bonchev–Trinajstić information content (AvgIpc) is 2.29. The lowest BCUT2D eigenvalue weighted by atomic mass is 10.0. The molecule has 0 fully saturated rings. The zero-order valence-electron chi connectivity index (χ0n) is 12.0. The highest BCUT2D eigenvalue weighted by Gasteiger charge is 2.15. The Labute approximate surface area is 110 Å². The zero-order valence-corrected chi connectivity index (χ0v) is 12.0. The van der Waals surface area contributed by atoms with Crippen molar-refractivity contribution in [2.75, 3.05) is 11.9 Å². The van der Waals surface area contributed by atoms with Crippen molar-refractivity contribution >= 4 is 11.6 Å². The van der Waals surface area contributed by atoms with Gasteiger partial charge in [0.1, 0.15) is 0 Å². The van der Waals surface area contributed by atoms with E-state index in [1.165, 1.54) is 0 Å². The van der Waals surface area contributed by atoms with Gasteiger partial charge in [-0.05, 0) is 44.4 Å². The third kappa shape index (κ3) is 3.76. The van der Waals surface area contributed by atoms with Crippen molar-refractivity contribution in [3.05, 3.63) is 29.3 Å². The van der Waals surface area contributed by atoms with E-state index in [1.807, 2.05) is 39.0 Å². The summed E-state index contributed by atoms with van der Waals surface area (Å²) in [7, 11) is 0. The SMILES string of the molecule is CCNc1cc(C)ccc1C(=O)NC(C)C(C)C. The summed E-state index contributed by atoms with van der Waals surface area (Å²) >= 11 is 0. The molecule has 0 aromatic heterocycles. The van der Waals surface area contributed by atoms with Crippen molar-refractivity contribution in [3.63, 3.8) is 0 Å². The summed E-state index contributed by atoms with van der Waals surface area (Å²) in [6, 6.07) is 6.04. The van der Waals surface area contributed by atoms with Crippen LogP contribution in [0.25, 0.3) is 0 Å². The molecule has 0 aliphatic carbocycles. The first kappa shape index (κ1) is 14.6. The molecule has 3 heteroatoms. The van der Waals surface area contributed by atoms with E-state index in [0.29, 0.717) is 5.92 Å². The van der Waals surface area contributed by atoms with Gasteiger partial charge in [0.2, 0.25) is 0 Å². The minimum atomic E-state index is -0.00727. The van der Waals surface area contributed by atoms with E-state index >= 15 is 0 Å². The van der Waals surface area contributed by atoms with Gasteiger partial charge in [-0.2, -0.15) is 0 Å². The van der Waals surface area contributed by atoms with Gasteiger partial charge in [-0.3, -0.25) is 4.79 Å². The highest BCUT2D eigenvalue weighted by atomic mass is 16.1. The molecule has 0 spiro atoms. The predicted molar refractivity (Wildman–Crippen MR) is 77.1 cm³/mol. The largest absolute Gasteiger partial charge is 0.385 e. The van der Waals surface area contributed by atoms with Crippen LogP contribution in [0, 0.1) is 12.8 Å². The normalized spacial score (nSPS) is 12.3. The fraction of sp³-hybridized carbons (Fsp3) is 0.533. The number of rotatable bonds is 5. The summed E-state index contributed by atoms with van der Waals surface area (Å²) in [4.78, 5) is 12.2. The van der Waals surface area contributed by atoms with E-state index in [-0.39, 0.29) is 11.9 Å². The molecule has 100 valence electrons. The van der Waals surface area contributed by atoms with Crippen LogP contribution < -0.4 is 10.6 Å². The average molecular weight is 248 g/mol. The first-order chi connectivity index (χ1) is 8.45. The standard InChI is InChI=1S/C15H24N2O/c1-6-16-14-9-11(4)7-8-13(14)15(18)17-12(5)10(2)3/h7-10,12,16H,6H2,1-5H3,(H,17,18). The zero-order chi connectivity index (χ0) is 13.7. The Morgan fingerprint density at radius 1 is 1.28 bits per heavy atom. The molecule has 0 heterocycles. The van der Waals surface area contributed by atoms with E-state index in [9.17, 15) is 4.79 Å². The predicted octanol–water partition coefficient (Wildman–Crippen LogP) is 3.20. The monoisotopic (exact) mass is 248 g/mol. The number of anilines is 1. The van der Waals surface area contributed by atoms with Gasteiger partial charge in [0, 0.05) is 18.3 Å². The number of hydrogen-bond acceptors (Lipinski definition) is 2. The molecule has 1 unspecified atom stereocenters.